The third-order valence-corrected chi connectivity index (χ3v) is 13.5. The largest absolute Gasteiger partial charge is 0.396 e. The summed E-state index contributed by atoms with van der Waals surface area (Å²) in [4.78, 5) is 12.9. The summed E-state index contributed by atoms with van der Waals surface area (Å²) in [5.41, 5.74) is 0.622. The lowest BCUT2D eigenvalue weighted by Crippen LogP contribution is -2.63. The van der Waals surface area contributed by atoms with Crippen molar-refractivity contribution in [3.63, 3.8) is 0 Å². The van der Waals surface area contributed by atoms with Gasteiger partial charge in [-0.3, -0.25) is 4.79 Å². The Morgan fingerprint density at radius 3 is 2.18 bits per heavy atom. The SMILES string of the molecule is CC(C)(CO)[C@@H]1CC[C@@](C)([C@H]2CC[C@]3(C)[C@@H]2CC[C@@H]2[C@@]4(C)CCC(=O)C(C)(C)[C@@H]4CC[C@]23C)O1. The summed E-state index contributed by atoms with van der Waals surface area (Å²) in [6, 6.07) is 0. The quantitative estimate of drug-likeness (QED) is 0.472. The molecular weight excluding hydrogens is 420 g/mol. The summed E-state index contributed by atoms with van der Waals surface area (Å²) in [5, 5.41) is 9.95. The van der Waals surface area contributed by atoms with Crippen LogP contribution in [-0.2, 0) is 9.53 Å². The lowest BCUT2D eigenvalue weighted by atomic mass is 9.35. The molecule has 0 radical (unpaired) electrons. The van der Waals surface area contributed by atoms with Gasteiger partial charge in [0.25, 0.3) is 0 Å². The van der Waals surface area contributed by atoms with E-state index in [1.165, 1.54) is 38.5 Å². The standard InChI is InChI=1S/C31H52O3/c1-26(2,19-32)25-14-18-31(8,34-25)21-11-16-29(6)20(21)9-10-23-28(5)15-13-24(33)27(3,4)22(28)12-17-30(23,29)7/h20-23,25,32H,9-19H2,1-8H3/t20-,21+,22+,23-,25+,28+,29-,30-,31+/m1/s1. The Bertz CT molecular complexity index is 846. The Kier molecular flexibility index (Phi) is 5.61. The molecule has 194 valence electrons. The van der Waals surface area contributed by atoms with Gasteiger partial charge in [-0.2, -0.15) is 0 Å². The first-order valence-electron chi connectivity index (χ1n) is 14.5. The van der Waals surface area contributed by atoms with E-state index in [0.717, 1.165) is 37.5 Å². The van der Waals surface area contributed by atoms with E-state index < -0.39 is 0 Å². The maximum absolute atomic E-state index is 12.9. The molecule has 0 aromatic rings. The highest BCUT2D eigenvalue weighted by atomic mass is 16.5. The Balaban J connectivity index is 1.43. The molecule has 1 aliphatic heterocycles. The summed E-state index contributed by atoms with van der Waals surface area (Å²) in [7, 11) is 0. The highest BCUT2D eigenvalue weighted by molar-refractivity contribution is 5.85. The number of rotatable bonds is 3. The molecular formula is C31H52O3. The van der Waals surface area contributed by atoms with Crippen LogP contribution in [0.2, 0.25) is 0 Å². The molecule has 0 aromatic heterocycles. The second-order valence-corrected chi connectivity index (χ2v) is 15.6. The van der Waals surface area contributed by atoms with Gasteiger partial charge in [0.05, 0.1) is 18.3 Å². The molecule has 4 aliphatic carbocycles. The lowest BCUT2D eigenvalue weighted by Gasteiger charge is -2.69. The maximum Gasteiger partial charge on any atom is 0.138 e. The second-order valence-electron chi connectivity index (χ2n) is 15.6. The van der Waals surface area contributed by atoms with Crippen molar-refractivity contribution >= 4 is 5.78 Å². The fourth-order valence-corrected chi connectivity index (χ4v) is 11.1. The van der Waals surface area contributed by atoms with Crippen LogP contribution in [-0.4, -0.2) is 29.2 Å². The monoisotopic (exact) mass is 472 g/mol. The molecule has 1 heterocycles. The Hall–Kier alpha value is -0.410. The molecule has 9 atom stereocenters. The van der Waals surface area contributed by atoms with Gasteiger partial charge in [0.2, 0.25) is 0 Å². The van der Waals surface area contributed by atoms with Gasteiger partial charge in [0.15, 0.2) is 0 Å². The lowest BCUT2D eigenvalue weighted by molar-refractivity contribution is -0.209. The number of ether oxygens (including phenoxy) is 1. The molecule has 5 aliphatic rings. The zero-order valence-electron chi connectivity index (χ0n) is 23.4. The predicted molar refractivity (Wildman–Crippen MR) is 137 cm³/mol. The minimum absolute atomic E-state index is 0.0525. The molecule has 0 unspecified atom stereocenters. The van der Waals surface area contributed by atoms with Gasteiger partial charge in [-0.25, -0.2) is 0 Å². The van der Waals surface area contributed by atoms with Crippen LogP contribution in [0.3, 0.4) is 0 Å². The Labute approximate surface area is 209 Å². The highest BCUT2D eigenvalue weighted by Crippen LogP contribution is 2.76. The topological polar surface area (TPSA) is 46.5 Å². The van der Waals surface area contributed by atoms with E-state index in [0.29, 0.717) is 33.9 Å². The average molecular weight is 473 g/mol. The van der Waals surface area contributed by atoms with Crippen LogP contribution in [0.5, 0.6) is 0 Å². The molecule has 5 fully saturated rings. The molecule has 1 N–H and O–H groups in total. The van der Waals surface area contributed by atoms with E-state index in [2.05, 4.69) is 55.4 Å². The van der Waals surface area contributed by atoms with Crippen LogP contribution in [0.4, 0.5) is 0 Å². The van der Waals surface area contributed by atoms with Gasteiger partial charge < -0.3 is 9.84 Å². The first kappa shape index (κ1) is 25.2. The molecule has 34 heavy (non-hydrogen) atoms. The smallest absolute Gasteiger partial charge is 0.138 e. The second kappa shape index (κ2) is 7.56. The van der Waals surface area contributed by atoms with Crippen molar-refractivity contribution < 1.29 is 14.6 Å². The van der Waals surface area contributed by atoms with E-state index in [1.807, 2.05) is 0 Å². The minimum atomic E-state index is -0.165. The van der Waals surface area contributed by atoms with E-state index in [9.17, 15) is 9.90 Å². The van der Waals surface area contributed by atoms with Gasteiger partial charge in [0, 0.05) is 17.3 Å². The van der Waals surface area contributed by atoms with Crippen molar-refractivity contribution in [2.24, 2.45) is 50.7 Å². The molecule has 3 heteroatoms. The highest BCUT2D eigenvalue weighted by Gasteiger charge is 2.70. The number of hydrogen-bond donors (Lipinski definition) is 1. The van der Waals surface area contributed by atoms with Crippen molar-refractivity contribution in [3.8, 4) is 0 Å². The summed E-state index contributed by atoms with van der Waals surface area (Å²) >= 11 is 0. The van der Waals surface area contributed by atoms with E-state index >= 15 is 0 Å². The fourth-order valence-electron chi connectivity index (χ4n) is 11.1. The summed E-state index contributed by atoms with van der Waals surface area (Å²) in [5.74, 6) is 3.13. The van der Waals surface area contributed by atoms with E-state index in [4.69, 9.17) is 4.74 Å². The molecule has 5 rings (SSSR count). The number of fused-ring (bicyclic) bond motifs is 5. The van der Waals surface area contributed by atoms with Crippen LogP contribution in [0.15, 0.2) is 0 Å². The predicted octanol–water partition coefficient (Wildman–Crippen LogP) is 7.20. The van der Waals surface area contributed by atoms with E-state index in [-0.39, 0.29) is 29.1 Å². The minimum Gasteiger partial charge on any atom is -0.396 e. The van der Waals surface area contributed by atoms with Crippen molar-refractivity contribution in [1.29, 1.82) is 0 Å². The van der Waals surface area contributed by atoms with Crippen molar-refractivity contribution in [2.45, 2.75) is 131 Å². The van der Waals surface area contributed by atoms with Gasteiger partial charge in [0.1, 0.15) is 5.78 Å². The molecule has 0 spiro atoms. The van der Waals surface area contributed by atoms with Gasteiger partial charge in [-0.1, -0.05) is 48.5 Å². The van der Waals surface area contributed by atoms with Crippen LogP contribution in [0, 0.1) is 50.7 Å². The zero-order valence-corrected chi connectivity index (χ0v) is 23.4. The van der Waals surface area contributed by atoms with Crippen molar-refractivity contribution in [2.75, 3.05) is 6.61 Å². The van der Waals surface area contributed by atoms with Crippen LogP contribution in [0.25, 0.3) is 0 Å². The molecule has 0 amide bonds. The number of aliphatic hydroxyl groups excluding tert-OH is 1. The summed E-state index contributed by atoms with van der Waals surface area (Å²) < 4.78 is 6.90. The normalized spacial score (nSPS) is 52.7. The van der Waals surface area contributed by atoms with Crippen LogP contribution >= 0.6 is 0 Å². The number of hydrogen-bond acceptors (Lipinski definition) is 3. The number of Topliss-reactive ketones (excluding diaryl/α,β-unsaturated/α-hetero) is 1. The maximum atomic E-state index is 12.9. The number of aliphatic hydroxyl groups is 1. The Morgan fingerprint density at radius 1 is 0.824 bits per heavy atom. The molecule has 3 nitrogen and oxygen atoms in total. The van der Waals surface area contributed by atoms with E-state index in [1.54, 1.807) is 0 Å². The molecule has 0 bridgehead atoms. The van der Waals surface area contributed by atoms with Crippen LogP contribution in [0.1, 0.15) is 120 Å². The van der Waals surface area contributed by atoms with Crippen molar-refractivity contribution in [1.82, 2.24) is 0 Å². The fraction of sp³-hybridized carbons (Fsp3) is 0.968. The first-order valence-corrected chi connectivity index (χ1v) is 14.5. The summed E-state index contributed by atoms with van der Waals surface area (Å²) in [6.45, 7) is 19.3. The first-order chi connectivity index (χ1) is 15.7. The third-order valence-electron chi connectivity index (χ3n) is 13.5. The van der Waals surface area contributed by atoms with Crippen molar-refractivity contribution in [3.05, 3.63) is 0 Å². The van der Waals surface area contributed by atoms with Gasteiger partial charge in [-0.05, 0) is 105 Å². The Morgan fingerprint density at radius 2 is 1.50 bits per heavy atom. The van der Waals surface area contributed by atoms with Gasteiger partial charge in [-0.15, -0.1) is 0 Å². The van der Waals surface area contributed by atoms with Crippen LogP contribution < -0.4 is 0 Å². The number of ketones is 1. The molecule has 0 aromatic carbocycles. The summed E-state index contributed by atoms with van der Waals surface area (Å²) in [6.07, 6.45) is 12.0. The van der Waals surface area contributed by atoms with Gasteiger partial charge >= 0.3 is 0 Å². The molecule has 4 saturated carbocycles. The third kappa shape index (κ3) is 3.10. The average Bonchev–Trinajstić information content (AvgIpc) is 3.34. The zero-order chi connectivity index (χ0) is 24.9. The molecule has 1 saturated heterocycles. The number of carbonyl (C=O) groups is 1. The number of carbonyl (C=O) groups excluding carboxylic acids is 1.